The molecule has 2 aromatic carbocycles. The van der Waals surface area contributed by atoms with Crippen LogP contribution in [0.1, 0.15) is 22.6 Å². The quantitative estimate of drug-likeness (QED) is 0.490. The molecule has 0 aliphatic rings. The molecule has 27 heavy (non-hydrogen) atoms. The van der Waals surface area contributed by atoms with Crippen LogP contribution < -0.4 is 0 Å². The van der Waals surface area contributed by atoms with Crippen LogP contribution in [-0.2, 0) is 22.6 Å². The van der Waals surface area contributed by atoms with E-state index in [9.17, 15) is 4.79 Å². The summed E-state index contributed by atoms with van der Waals surface area (Å²) >= 11 is 0. The van der Waals surface area contributed by atoms with Crippen LogP contribution in [0.5, 0.6) is 0 Å². The highest BCUT2D eigenvalue weighted by atomic mass is 16.5. The van der Waals surface area contributed by atoms with Gasteiger partial charge in [-0.05, 0) is 49.2 Å². The number of ether oxygens (including phenoxy) is 1. The molecule has 6 nitrogen and oxygen atoms in total. The van der Waals surface area contributed by atoms with Gasteiger partial charge in [0.2, 0.25) is 5.89 Å². The molecule has 4 rings (SSSR count). The van der Waals surface area contributed by atoms with Crippen LogP contribution in [0.2, 0.25) is 0 Å². The number of carbonyl (C=O) groups excluding carboxylic acids is 1. The van der Waals surface area contributed by atoms with E-state index in [2.05, 4.69) is 10.2 Å². The fourth-order valence-corrected chi connectivity index (χ4v) is 2.83. The Labute approximate surface area is 155 Å². The second-order valence-corrected chi connectivity index (χ2v) is 6.40. The van der Waals surface area contributed by atoms with Crippen molar-refractivity contribution in [2.45, 2.75) is 26.9 Å². The fraction of sp³-hybridized carbons (Fsp3) is 0.190. The van der Waals surface area contributed by atoms with Crippen molar-refractivity contribution in [1.82, 2.24) is 10.2 Å². The van der Waals surface area contributed by atoms with Gasteiger partial charge in [0.05, 0.1) is 12.7 Å². The van der Waals surface area contributed by atoms with E-state index in [1.807, 2.05) is 56.3 Å². The van der Waals surface area contributed by atoms with Crippen LogP contribution in [-0.4, -0.2) is 16.2 Å². The van der Waals surface area contributed by atoms with Gasteiger partial charge in [0.25, 0.3) is 5.89 Å². The summed E-state index contributed by atoms with van der Waals surface area (Å²) in [5.41, 5.74) is 4.69. The van der Waals surface area contributed by atoms with E-state index >= 15 is 0 Å². The molecule has 0 aliphatic heterocycles. The van der Waals surface area contributed by atoms with Crippen molar-refractivity contribution >= 4 is 16.9 Å². The minimum atomic E-state index is -0.379. The molecule has 0 N–H and O–H groups in total. The van der Waals surface area contributed by atoms with E-state index < -0.39 is 0 Å². The zero-order chi connectivity index (χ0) is 18.8. The number of aromatic nitrogens is 2. The summed E-state index contributed by atoms with van der Waals surface area (Å²) in [6, 6.07) is 13.4. The highest BCUT2D eigenvalue weighted by Crippen LogP contribution is 2.25. The number of hydrogen-bond donors (Lipinski definition) is 0. The Hall–Kier alpha value is -3.41. The third-order valence-corrected chi connectivity index (χ3v) is 4.45. The van der Waals surface area contributed by atoms with Gasteiger partial charge in [-0.2, -0.15) is 0 Å². The Morgan fingerprint density at radius 1 is 1.07 bits per heavy atom. The molecule has 0 fully saturated rings. The lowest BCUT2D eigenvalue weighted by atomic mass is 10.0. The number of carbonyl (C=O) groups is 1. The van der Waals surface area contributed by atoms with Crippen molar-refractivity contribution in [3.63, 3.8) is 0 Å². The highest BCUT2D eigenvalue weighted by Gasteiger charge is 2.15. The molecule has 0 saturated carbocycles. The van der Waals surface area contributed by atoms with Crippen LogP contribution >= 0.6 is 0 Å². The Balaban J connectivity index is 1.41. The number of aryl methyl sites for hydroxylation is 2. The van der Waals surface area contributed by atoms with Crippen molar-refractivity contribution < 1.29 is 18.4 Å². The van der Waals surface area contributed by atoms with Gasteiger partial charge in [-0.3, -0.25) is 4.79 Å². The summed E-state index contributed by atoms with van der Waals surface area (Å²) in [5, 5.41) is 8.83. The largest absolute Gasteiger partial charge is 0.464 e. The predicted molar refractivity (Wildman–Crippen MR) is 98.9 cm³/mol. The number of esters is 1. The maximum Gasteiger partial charge on any atom is 0.310 e. The third kappa shape index (κ3) is 3.60. The first kappa shape index (κ1) is 17.0. The molecule has 4 aromatic rings. The van der Waals surface area contributed by atoms with Crippen molar-refractivity contribution in [2.75, 3.05) is 0 Å². The van der Waals surface area contributed by atoms with Crippen molar-refractivity contribution in [1.29, 1.82) is 0 Å². The van der Waals surface area contributed by atoms with Gasteiger partial charge in [0, 0.05) is 16.5 Å². The molecule has 136 valence electrons. The van der Waals surface area contributed by atoms with E-state index in [1.54, 1.807) is 6.26 Å². The maximum absolute atomic E-state index is 12.2. The highest BCUT2D eigenvalue weighted by molar-refractivity contribution is 5.86. The summed E-state index contributed by atoms with van der Waals surface area (Å²) in [4.78, 5) is 12.2. The van der Waals surface area contributed by atoms with Crippen LogP contribution in [0, 0.1) is 13.8 Å². The van der Waals surface area contributed by atoms with Crippen molar-refractivity contribution in [3.8, 4) is 11.5 Å². The SMILES string of the molecule is Cc1cc2occ(CC(=O)OCc3nnc(-c4ccccc4)o3)c2cc1C. The third-order valence-electron chi connectivity index (χ3n) is 4.45. The van der Waals surface area contributed by atoms with Crippen LogP contribution in [0.4, 0.5) is 0 Å². The number of hydrogen-bond acceptors (Lipinski definition) is 6. The van der Waals surface area contributed by atoms with Gasteiger partial charge in [0.1, 0.15) is 5.58 Å². The summed E-state index contributed by atoms with van der Waals surface area (Å²) in [7, 11) is 0. The van der Waals surface area contributed by atoms with E-state index in [0.29, 0.717) is 5.89 Å². The maximum atomic E-state index is 12.2. The van der Waals surface area contributed by atoms with Gasteiger partial charge < -0.3 is 13.6 Å². The smallest absolute Gasteiger partial charge is 0.310 e. The zero-order valence-electron chi connectivity index (χ0n) is 15.1. The van der Waals surface area contributed by atoms with E-state index in [1.165, 1.54) is 0 Å². The fourth-order valence-electron chi connectivity index (χ4n) is 2.83. The molecular formula is C21H18N2O4. The molecule has 2 aromatic heterocycles. The zero-order valence-corrected chi connectivity index (χ0v) is 15.1. The number of fused-ring (bicyclic) bond motifs is 1. The number of benzene rings is 2. The molecule has 0 aliphatic carbocycles. The minimum Gasteiger partial charge on any atom is -0.464 e. The monoisotopic (exact) mass is 362 g/mol. The average molecular weight is 362 g/mol. The second-order valence-electron chi connectivity index (χ2n) is 6.40. The number of nitrogens with zero attached hydrogens (tertiary/aromatic N) is 2. The summed E-state index contributed by atoms with van der Waals surface area (Å²) < 4.78 is 16.4. The number of rotatable bonds is 5. The van der Waals surface area contributed by atoms with E-state index in [4.69, 9.17) is 13.6 Å². The Morgan fingerprint density at radius 2 is 1.85 bits per heavy atom. The summed E-state index contributed by atoms with van der Waals surface area (Å²) in [6.07, 6.45) is 1.72. The molecule has 0 saturated heterocycles. The first-order chi connectivity index (χ1) is 13.1. The van der Waals surface area contributed by atoms with Gasteiger partial charge in [-0.25, -0.2) is 0 Å². The lowest BCUT2D eigenvalue weighted by molar-refractivity contribution is -0.144. The van der Waals surface area contributed by atoms with E-state index in [0.717, 1.165) is 33.2 Å². The van der Waals surface area contributed by atoms with Crippen LogP contribution in [0.3, 0.4) is 0 Å². The lowest BCUT2D eigenvalue weighted by Gasteiger charge is -2.02. The van der Waals surface area contributed by atoms with Gasteiger partial charge in [0.15, 0.2) is 6.61 Å². The molecule has 0 spiro atoms. The lowest BCUT2D eigenvalue weighted by Crippen LogP contribution is -2.08. The summed E-state index contributed by atoms with van der Waals surface area (Å²) in [5.74, 6) is 0.273. The second kappa shape index (κ2) is 7.07. The first-order valence-corrected chi connectivity index (χ1v) is 8.61. The Kier molecular flexibility index (Phi) is 4.46. The topological polar surface area (TPSA) is 78.4 Å². The van der Waals surface area contributed by atoms with Gasteiger partial charge >= 0.3 is 5.97 Å². The van der Waals surface area contributed by atoms with Crippen LogP contribution in [0.25, 0.3) is 22.4 Å². The van der Waals surface area contributed by atoms with Crippen molar-refractivity contribution in [3.05, 3.63) is 71.3 Å². The Bertz CT molecular complexity index is 1100. The number of furan rings is 1. The van der Waals surface area contributed by atoms with E-state index in [-0.39, 0.29) is 24.9 Å². The molecular weight excluding hydrogens is 344 g/mol. The molecule has 0 amide bonds. The van der Waals surface area contributed by atoms with Crippen molar-refractivity contribution in [2.24, 2.45) is 0 Å². The van der Waals surface area contributed by atoms with Gasteiger partial charge in [-0.1, -0.05) is 18.2 Å². The molecule has 2 heterocycles. The molecule has 0 unspecified atom stereocenters. The average Bonchev–Trinajstić information content (AvgIpc) is 3.29. The normalized spacial score (nSPS) is 11.0. The molecule has 0 radical (unpaired) electrons. The minimum absolute atomic E-state index is 0.0629. The van der Waals surface area contributed by atoms with Gasteiger partial charge in [-0.15, -0.1) is 10.2 Å². The standard InChI is InChI=1S/C21H18N2O4/c1-13-8-17-16(11-25-18(17)9-14(13)2)10-20(24)26-12-19-22-23-21(27-19)15-6-4-3-5-7-15/h3-9,11H,10,12H2,1-2H3. The molecule has 0 atom stereocenters. The Morgan fingerprint density at radius 3 is 2.67 bits per heavy atom. The first-order valence-electron chi connectivity index (χ1n) is 8.61. The predicted octanol–water partition coefficient (Wildman–Crippen LogP) is 4.39. The molecule has 0 bridgehead atoms. The molecule has 6 heteroatoms. The van der Waals surface area contributed by atoms with Crippen LogP contribution in [0.15, 0.2) is 57.6 Å². The summed E-state index contributed by atoms with van der Waals surface area (Å²) in [6.45, 7) is 4.00.